The predicted octanol–water partition coefficient (Wildman–Crippen LogP) is 2.66. The third-order valence-electron chi connectivity index (χ3n) is 1.57. The van der Waals surface area contributed by atoms with Crippen molar-refractivity contribution in [2.24, 2.45) is 0 Å². The van der Waals surface area contributed by atoms with Gasteiger partial charge in [0.2, 0.25) is 6.26 Å². The number of halogens is 1. The van der Waals surface area contributed by atoms with E-state index in [1.54, 1.807) is 6.07 Å². The lowest BCUT2D eigenvalue weighted by atomic mass is 10.2. The maximum atomic E-state index is 5.90. The molecule has 0 saturated carbocycles. The first-order valence-corrected chi connectivity index (χ1v) is 3.88. The van der Waals surface area contributed by atoms with Crippen LogP contribution in [0.2, 0.25) is 5.02 Å². The maximum absolute atomic E-state index is 5.90. The molecule has 1 aromatic rings. The predicted molar refractivity (Wildman–Crippen MR) is 44.2 cm³/mol. The Morgan fingerprint density at radius 3 is 2.83 bits per heavy atom. The molecule has 1 aliphatic heterocycles. The van der Waals surface area contributed by atoms with Gasteiger partial charge in [-0.3, -0.25) is 0 Å². The zero-order valence-corrected chi connectivity index (χ0v) is 6.91. The van der Waals surface area contributed by atoms with Gasteiger partial charge in [-0.15, -0.1) is 0 Å². The summed E-state index contributed by atoms with van der Waals surface area (Å²) >= 11 is 5.90. The summed E-state index contributed by atoms with van der Waals surface area (Å²) in [5.41, 5.74) is 0.820. The summed E-state index contributed by atoms with van der Waals surface area (Å²) in [6.07, 6.45) is 3.44. The Labute approximate surface area is 75.4 Å². The zero-order chi connectivity index (χ0) is 8.39. The highest BCUT2D eigenvalue weighted by atomic mass is 35.5. The Hall–Kier alpha value is -1.15. The van der Waals surface area contributed by atoms with Crippen LogP contribution in [0.5, 0.6) is 0 Å². The van der Waals surface area contributed by atoms with Crippen molar-refractivity contribution in [1.82, 2.24) is 0 Å². The van der Waals surface area contributed by atoms with Crippen molar-refractivity contribution in [2.75, 3.05) is 0 Å². The largest absolute Gasteiger partial charge is 0.454 e. The van der Waals surface area contributed by atoms with Crippen LogP contribution in [0, 0.1) is 6.26 Å². The lowest BCUT2D eigenvalue weighted by molar-refractivity contribution is -0.0301. The van der Waals surface area contributed by atoms with Crippen molar-refractivity contribution in [3.05, 3.63) is 47.4 Å². The van der Waals surface area contributed by atoms with Gasteiger partial charge in [0.05, 0.1) is 10.6 Å². The van der Waals surface area contributed by atoms with Crippen molar-refractivity contribution in [1.29, 1.82) is 0 Å². The number of hydrogen-bond donors (Lipinski definition) is 0. The molecular weight excluding hydrogens is 176 g/mol. The topological polar surface area (TPSA) is 18.5 Å². The Kier molecular flexibility index (Phi) is 1.92. The van der Waals surface area contributed by atoms with Crippen molar-refractivity contribution < 1.29 is 9.47 Å². The number of rotatable bonds is 1. The third kappa shape index (κ3) is 1.25. The van der Waals surface area contributed by atoms with Gasteiger partial charge in [-0.25, -0.2) is 0 Å². The van der Waals surface area contributed by atoms with Crippen LogP contribution < -0.4 is 0 Å². The Balaban J connectivity index is 2.27. The minimum absolute atomic E-state index is 0.432. The fourth-order valence-electron chi connectivity index (χ4n) is 1.01. The molecule has 61 valence electrons. The van der Waals surface area contributed by atoms with E-state index in [9.17, 15) is 0 Å². The van der Waals surface area contributed by atoms with E-state index in [4.69, 9.17) is 21.1 Å². The highest BCUT2D eigenvalue weighted by molar-refractivity contribution is 6.31. The van der Waals surface area contributed by atoms with Crippen molar-refractivity contribution >= 4 is 11.6 Å². The second-order valence-electron chi connectivity index (χ2n) is 2.34. The first-order valence-electron chi connectivity index (χ1n) is 3.50. The molecule has 3 heteroatoms. The maximum Gasteiger partial charge on any atom is 0.268 e. The van der Waals surface area contributed by atoms with E-state index in [0.717, 1.165) is 5.56 Å². The molecule has 1 heterocycles. The van der Waals surface area contributed by atoms with Gasteiger partial charge in [-0.1, -0.05) is 29.8 Å². The molecule has 2 nitrogen and oxygen atoms in total. The molecule has 0 aliphatic carbocycles. The Morgan fingerprint density at radius 2 is 2.17 bits per heavy atom. The normalized spacial score (nSPS) is 15.8. The molecule has 12 heavy (non-hydrogen) atoms. The van der Waals surface area contributed by atoms with E-state index in [-0.39, 0.29) is 0 Å². The van der Waals surface area contributed by atoms with Gasteiger partial charge in [0.25, 0.3) is 6.29 Å². The first-order chi connectivity index (χ1) is 5.88. The van der Waals surface area contributed by atoms with E-state index >= 15 is 0 Å². The summed E-state index contributed by atoms with van der Waals surface area (Å²) in [7, 11) is 0. The fourth-order valence-corrected chi connectivity index (χ4v) is 1.23. The van der Waals surface area contributed by atoms with Gasteiger partial charge in [0.15, 0.2) is 0 Å². The van der Waals surface area contributed by atoms with Gasteiger partial charge in [-0.2, -0.15) is 0 Å². The van der Waals surface area contributed by atoms with E-state index in [1.807, 2.05) is 18.2 Å². The Bertz CT molecular complexity index is 301. The van der Waals surface area contributed by atoms with Gasteiger partial charge in [0.1, 0.15) is 6.26 Å². The molecule has 0 aromatic heterocycles. The number of benzene rings is 1. The summed E-state index contributed by atoms with van der Waals surface area (Å²) in [5.74, 6) is 0. The summed E-state index contributed by atoms with van der Waals surface area (Å²) in [5, 5.41) is 0.639. The lowest BCUT2D eigenvalue weighted by Gasteiger charge is -2.10. The quantitative estimate of drug-likeness (QED) is 0.663. The SMILES string of the molecule is Clc1ccccc1C1O[C]=CO1. The minimum atomic E-state index is -0.432. The van der Waals surface area contributed by atoms with Gasteiger partial charge >= 0.3 is 0 Å². The van der Waals surface area contributed by atoms with Gasteiger partial charge in [0, 0.05) is 0 Å². The summed E-state index contributed by atoms with van der Waals surface area (Å²) < 4.78 is 10.1. The van der Waals surface area contributed by atoms with Crippen LogP contribution in [-0.2, 0) is 9.47 Å². The van der Waals surface area contributed by atoms with E-state index < -0.39 is 6.29 Å². The second kappa shape index (κ2) is 3.07. The highest BCUT2D eigenvalue weighted by Gasteiger charge is 2.18. The molecule has 0 amide bonds. The smallest absolute Gasteiger partial charge is 0.268 e. The van der Waals surface area contributed by atoms with Crippen LogP contribution in [-0.4, -0.2) is 0 Å². The lowest BCUT2D eigenvalue weighted by Crippen LogP contribution is -1.97. The van der Waals surface area contributed by atoms with E-state index in [2.05, 4.69) is 6.26 Å². The van der Waals surface area contributed by atoms with Crippen molar-refractivity contribution in [3.63, 3.8) is 0 Å². The van der Waals surface area contributed by atoms with E-state index in [1.165, 1.54) is 6.26 Å². The molecule has 2 rings (SSSR count). The zero-order valence-electron chi connectivity index (χ0n) is 6.16. The van der Waals surface area contributed by atoms with Gasteiger partial charge < -0.3 is 9.47 Å². The molecule has 1 aliphatic rings. The third-order valence-corrected chi connectivity index (χ3v) is 1.92. The molecular formula is C9H6ClO2. The van der Waals surface area contributed by atoms with Gasteiger partial charge in [-0.05, 0) is 6.07 Å². The summed E-state index contributed by atoms with van der Waals surface area (Å²) in [4.78, 5) is 0. The van der Waals surface area contributed by atoms with Crippen LogP contribution in [0.1, 0.15) is 11.9 Å². The van der Waals surface area contributed by atoms with E-state index in [0.29, 0.717) is 5.02 Å². The molecule has 0 fully saturated rings. The fraction of sp³-hybridized carbons (Fsp3) is 0.111. The molecule has 1 atom stereocenters. The molecule has 0 bridgehead atoms. The minimum Gasteiger partial charge on any atom is -0.454 e. The molecule has 1 aromatic carbocycles. The Morgan fingerprint density at radius 1 is 1.33 bits per heavy atom. The van der Waals surface area contributed by atoms with Crippen LogP contribution in [0.15, 0.2) is 30.5 Å². The molecule has 0 N–H and O–H groups in total. The van der Waals surface area contributed by atoms with Crippen molar-refractivity contribution in [3.8, 4) is 0 Å². The summed E-state index contributed by atoms with van der Waals surface area (Å²) in [6, 6.07) is 7.39. The monoisotopic (exact) mass is 181 g/mol. The second-order valence-corrected chi connectivity index (χ2v) is 2.75. The molecule has 0 saturated heterocycles. The average Bonchev–Trinajstić information content (AvgIpc) is 2.57. The summed E-state index contributed by atoms with van der Waals surface area (Å²) in [6.45, 7) is 0. The van der Waals surface area contributed by atoms with Crippen LogP contribution >= 0.6 is 11.6 Å². The molecule has 1 radical (unpaired) electrons. The number of ether oxygens (including phenoxy) is 2. The average molecular weight is 182 g/mol. The van der Waals surface area contributed by atoms with Crippen molar-refractivity contribution in [2.45, 2.75) is 6.29 Å². The molecule has 1 unspecified atom stereocenters. The first kappa shape index (κ1) is 7.50. The molecule has 0 spiro atoms. The van der Waals surface area contributed by atoms with Crippen LogP contribution in [0.25, 0.3) is 0 Å². The highest BCUT2D eigenvalue weighted by Crippen LogP contribution is 2.28. The number of hydrogen-bond acceptors (Lipinski definition) is 2. The standard InChI is InChI=1S/C9H6ClO2/c10-8-4-2-1-3-7(8)9-11-5-6-12-9/h1-5,9H. The van der Waals surface area contributed by atoms with Crippen LogP contribution in [0.3, 0.4) is 0 Å². The van der Waals surface area contributed by atoms with Crippen LogP contribution in [0.4, 0.5) is 0 Å².